The van der Waals surface area contributed by atoms with Crippen LogP contribution in [-0.4, -0.2) is 29.9 Å². The molecule has 110 valence electrons. The van der Waals surface area contributed by atoms with Crippen LogP contribution in [0.2, 0.25) is 0 Å². The molecule has 1 aromatic carbocycles. The minimum Gasteiger partial charge on any atom is -0.338 e. The number of benzene rings is 1. The second kappa shape index (κ2) is 6.20. The first-order valence-corrected chi connectivity index (χ1v) is 7.95. The Morgan fingerprint density at radius 3 is 2.80 bits per heavy atom. The smallest absolute Gasteiger partial charge is 0.254 e. The molecule has 1 heterocycles. The lowest BCUT2D eigenvalue weighted by molar-refractivity contribution is 0.0779. The fraction of sp³-hybridized carbons (Fsp3) is 0.533. The van der Waals surface area contributed by atoms with Gasteiger partial charge >= 0.3 is 0 Å². The SMILES string of the molecule is Cc1c(I)cccc1C(=O)N1CC2CCC(N)C2C1.Cl. The lowest BCUT2D eigenvalue weighted by atomic mass is 9.98. The van der Waals surface area contributed by atoms with Crippen molar-refractivity contribution in [3.05, 3.63) is 32.9 Å². The van der Waals surface area contributed by atoms with Crippen molar-refractivity contribution in [1.29, 1.82) is 0 Å². The topological polar surface area (TPSA) is 46.3 Å². The van der Waals surface area contributed by atoms with Crippen molar-refractivity contribution in [2.24, 2.45) is 17.6 Å². The second-order valence-electron chi connectivity index (χ2n) is 5.79. The molecule has 5 heteroatoms. The van der Waals surface area contributed by atoms with Gasteiger partial charge in [0.05, 0.1) is 0 Å². The molecule has 1 saturated carbocycles. The molecular formula is C15H20ClIN2O. The van der Waals surface area contributed by atoms with Gasteiger partial charge in [-0.05, 0) is 71.9 Å². The number of halogens is 2. The van der Waals surface area contributed by atoms with E-state index in [4.69, 9.17) is 5.73 Å². The largest absolute Gasteiger partial charge is 0.338 e. The highest BCUT2D eigenvalue weighted by atomic mass is 127. The molecular weight excluding hydrogens is 387 g/mol. The third-order valence-electron chi connectivity index (χ3n) is 4.70. The van der Waals surface area contributed by atoms with Gasteiger partial charge in [-0.2, -0.15) is 0 Å². The van der Waals surface area contributed by atoms with Gasteiger partial charge in [0.15, 0.2) is 0 Å². The number of fused-ring (bicyclic) bond motifs is 1. The highest BCUT2D eigenvalue weighted by molar-refractivity contribution is 14.1. The van der Waals surface area contributed by atoms with E-state index in [1.54, 1.807) is 0 Å². The molecule has 0 aromatic heterocycles. The van der Waals surface area contributed by atoms with Gasteiger partial charge in [-0.1, -0.05) is 6.07 Å². The molecule has 1 aromatic rings. The Labute approximate surface area is 139 Å². The minimum atomic E-state index is 0. The number of rotatable bonds is 1. The van der Waals surface area contributed by atoms with E-state index >= 15 is 0 Å². The zero-order valence-electron chi connectivity index (χ0n) is 11.5. The number of carbonyl (C=O) groups excluding carboxylic acids is 1. The molecule has 3 rings (SSSR count). The molecule has 0 bridgehead atoms. The van der Waals surface area contributed by atoms with E-state index in [1.807, 2.05) is 30.0 Å². The molecule has 1 aliphatic carbocycles. The molecule has 0 spiro atoms. The fourth-order valence-corrected chi connectivity index (χ4v) is 3.98. The molecule has 0 radical (unpaired) electrons. The van der Waals surface area contributed by atoms with Crippen molar-refractivity contribution in [2.75, 3.05) is 13.1 Å². The maximum Gasteiger partial charge on any atom is 0.254 e. The summed E-state index contributed by atoms with van der Waals surface area (Å²) in [6.45, 7) is 3.76. The molecule has 2 N–H and O–H groups in total. The number of amides is 1. The van der Waals surface area contributed by atoms with Crippen LogP contribution in [0.5, 0.6) is 0 Å². The maximum absolute atomic E-state index is 12.6. The van der Waals surface area contributed by atoms with Crippen LogP contribution in [0.1, 0.15) is 28.8 Å². The summed E-state index contributed by atoms with van der Waals surface area (Å²) in [5.74, 6) is 1.33. The Morgan fingerprint density at radius 1 is 1.35 bits per heavy atom. The molecule has 20 heavy (non-hydrogen) atoms. The number of likely N-dealkylation sites (tertiary alicyclic amines) is 1. The van der Waals surface area contributed by atoms with Gasteiger partial charge < -0.3 is 10.6 Å². The van der Waals surface area contributed by atoms with Crippen molar-refractivity contribution in [2.45, 2.75) is 25.8 Å². The zero-order chi connectivity index (χ0) is 13.6. The fourth-order valence-electron chi connectivity index (χ4n) is 3.48. The van der Waals surface area contributed by atoms with Gasteiger partial charge in [0.2, 0.25) is 0 Å². The van der Waals surface area contributed by atoms with Crippen molar-refractivity contribution < 1.29 is 4.79 Å². The molecule has 1 amide bonds. The Kier molecular flexibility index (Phi) is 4.97. The van der Waals surface area contributed by atoms with Gasteiger partial charge in [0, 0.05) is 28.3 Å². The summed E-state index contributed by atoms with van der Waals surface area (Å²) in [7, 11) is 0. The zero-order valence-corrected chi connectivity index (χ0v) is 14.5. The lowest BCUT2D eigenvalue weighted by Crippen LogP contribution is -2.33. The highest BCUT2D eigenvalue weighted by Crippen LogP contribution is 2.37. The van der Waals surface area contributed by atoms with Crippen LogP contribution in [0.25, 0.3) is 0 Å². The monoisotopic (exact) mass is 406 g/mol. The highest BCUT2D eigenvalue weighted by Gasteiger charge is 2.42. The van der Waals surface area contributed by atoms with Gasteiger partial charge in [-0.15, -0.1) is 12.4 Å². The number of nitrogens with zero attached hydrogens (tertiary/aromatic N) is 1. The van der Waals surface area contributed by atoms with Crippen LogP contribution in [-0.2, 0) is 0 Å². The summed E-state index contributed by atoms with van der Waals surface area (Å²) in [6, 6.07) is 6.24. The van der Waals surface area contributed by atoms with Gasteiger partial charge in [0.25, 0.3) is 5.91 Å². The number of nitrogens with two attached hydrogens (primary N) is 1. The number of hydrogen-bond acceptors (Lipinski definition) is 2. The Bertz CT molecular complexity index is 523. The van der Waals surface area contributed by atoms with E-state index in [1.165, 1.54) is 6.42 Å². The van der Waals surface area contributed by atoms with Crippen LogP contribution >= 0.6 is 35.0 Å². The molecule has 1 aliphatic heterocycles. The number of hydrogen-bond donors (Lipinski definition) is 1. The van der Waals surface area contributed by atoms with E-state index in [9.17, 15) is 4.79 Å². The normalized spacial score (nSPS) is 28.1. The first-order chi connectivity index (χ1) is 9.08. The van der Waals surface area contributed by atoms with Crippen molar-refractivity contribution in [3.8, 4) is 0 Å². The summed E-state index contributed by atoms with van der Waals surface area (Å²) in [5, 5.41) is 0. The summed E-state index contributed by atoms with van der Waals surface area (Å²) in [5.41, 5.74) is 8.08. The predicted molar refractivity (Wildman–Crippen MR) is 91.2 cm³/mol. The Balaban J connectivity index is 0.00000147. The Morgan fingerprint density at radius 2 is 2.10 bits per heavy atom. The van der Waals surface area contributed by atoms with Crippen LogP contribution in [0.15, 0.2) is 18.2 Å². The molecule has 1 saturated heterocycles. The molecule has 3 nitrogen and oxygen atoms in total. The summed E-state index contributed by atoms with van der Waals surface area (Å²) >= 11 is 2.29. The quantitative estimate of drug-likeness (QED) is 0.729. The lowest BCUT2D eigenvalue weighted by Gasteiger charge is -2.20. The van der Waals surface area contributed by atoms with E-state index in [-0.39, 0.29) is 18.3 Å². The summed E-state index contributed by atoms with van der Waals surface area (Å²) < 4.78 is 1.15. The van der Waals surface area contributed by atoms with Crippen molar-refractivity contribution in [1.82, 2.24) is 4.90 Å². The van der Waals surface area contributed by atoms with Crippen LogP contribution < -0.4 is 5.73 Å². The summed E-state index contributed by atoms with van der Waals surface area (Å²) in [4.78, 5) is 14.6. The van der Waals surface area contributed by atoms with Crippen LogP contribution in [0.4, 0.5) is 0 Å². The Hall–Kier alpha value is -0.330. The molecule has 3 unspecified atom stereocenters. The minimum absolute atomic E-state index is 0. The van der Waals surface area contributed by atoms with E-state index in [0.717, 1.165) is 34.2 Å². The first kappa shape index (κ1) is 16.0. The summed E-state index contributed by atoms with van der Waals surface area (Å²) in [6.07, 6.45) is 2.31. The van der Waals surface area contributed by atoms with Gasteiger partial charge in [0.1, 0.15) is 0 Å². The second-order valence-corrected chi connectivity index (χ2v) is 6.95. The average molecular weight is 407 g/mol. The molecule has 3 atom stereocenters. The van der Waals surface area contributed by atoms with E-state index in [0.29, 0.717) is 17.9 Å². The van der Waals surface area contributed by atoms with Crippen molar-refractivity contribution in [3.63, 3.8) is 0 Å². The van der Waals surface area contributed by atoms with Crippen LogP contribution in [0.3, 0.4) is 0 Å². The van der Waals surface area contributed by atoms with Gasteiger partial charge in [-0.25, -0.2) is 0 Å². The predicted octanol–water partition coefficient (Wildman–Crippen LogP) is 2.83. The standard InChI is InChI=1S/C15H19IN2O.ClH/c1-9-11(3-2-4-13(9)16)15(19)18-7-10-5-6-14(17)12(10)8-18;/h2-4,10,12,14H,5-8,17H2,1H3;1H. The van der Waals surface area contributed by atoms with E-state index < -0.39 is 0 Å². The molecule has 2 fully saturated rings. The first-order valence-electron chi connectivity index (χ1n) is 6.88. The third kappa shape index (κ3) is 2.70. The molecule has 2 aliphatic rings. The van der Waals surface area contributed by atoms with Gasteiger partial charge in [-0.3, -0.25) is 4.79 Å². The number of carbonyl (C=O) groups is 1. The maximum atomic E-state index is 12.6. The average Bonchev–Trinajstić information content (AvgIpc) is 2.95. The van der Waals surface area contributed by atoms with Crippen LogP contribution in [0, 0.1) is 22.3 Å². The van der Waals surface area contributed by atoms with Crippen molar-refractivity contribution >= 4 is 40.9 Å². The van der Waals surface area contributed by atoms with E-state index in [2.05, 4.69) is 22.6 Å². The third-order valence-corrected chi connectivity index (χ3v) is 5.87.